The Morgan fingerprint density at radius 3 is 2.33 bits per heavy atom. The number of hydrogen-bond donors (Lipinski definition) is 0. The van der Waals surface area contributed by atoms with Crippen LogP contribution < -0.4 is 9.80 Å². The molecular weight excluding hydrogens is 413 g/mol. The number of hydrogen-bond acceptors (Lipinski definition) is 5. The van der Waals surface area contributed by atoms with Crippen LogP contribution in [0.1, 0.15) is 12.8 Å². The van der Waals surface area contributed by atoms with Crippen molar-refractivity contribution in [3.05, 3.63) is 72.7 Å². The first-order valence-corrected chi connectivity index (χ1v) is 11.9. The molecule has 0 amide bonds. The van der Waals surface area contributed by atoms with Gasteiger partial charge >= 0.3 is 0 Å². The normalized spacial score (nSPS) is 18.3. The fourth-order valence-corrected chi connectivity index (χ4v) is 5.36. The summed E-state index contributed by atoms with van der Waals surface area (Å²) in [5, 5.41) is 2.04. The van der Waals surface area contributed by atoms with Gasteiger partial charge in [-0.2, -0.15) is 0 Å². The molecule has 0 bridgehead atoms. The highest BCUT2D eigenvalue weighted by Crippen LogP contribution is 2.30. The lowest BCUT2D eigenvalue weighted by Crippen LogP contribution is -2.53. The zero-order chi connectivity index (χ0) is 22.2. The second-order valence-corrected chi connectivity index (χ2v) is 9.08. The largest absolute Gasteiger partial charge is 0.369 e. The van der Waals surface area contributed by atoms with Gasteiger partial charge in [0.2, 0.25) is 0 Å². The van der Waals surface area contributed by atoms with Crippen molar-refractivity contribution in [2.24, 2.45) is 0 Å². The van der Waals surface area contributed by atoms with Crippen molar-refractivity contribution >= 4 is 33.3 Å². The van der Waals surface area contributed by atoms with E-state index in [1.54, 1.807) is 6.20 Å². The number of aromatic nitrogens is 2. The number of para-hydroxylation sites is 1. The van der Waals surface area contributed by atoms with Crippen LogP contribution in [-0.2, 0) is 0 Å². The summed E-state index contributed by atoms with van der Waals surface area (Å²) in [6.07, 6.45) is 3.79. The molecule has 2 saturated heterocycles. The lowest BCUT2D eigenvalue weighted by molar-refractivity contribution is 0.159. The Hall–Kier alpha value is -3.25. The van der Waals surface area contributed by atoms with Gasteiger partial charge in [-0.1, -0.05) is 30.3 Å². The molecule has 0 N–H and O–H groups in total. The quantitative estimate of drug-likeness (QED) is 0.460. The molecule has 168 valence electrons. The zero-order valence-electron chi connectivity index (χ0n) is 18.7. The van der Waals surface area contributed by atoms with Gasteiger partial charge in [0.25, 0.3) is 0 Å². The maximum Gasteiger partial charge on any atom is 0.172 e. The number of rotatable bonds is 3. The molecule has 2 aromatic heterocycles. The van der Waals surface area contributed by atoms with Crippen LogP contribution in [-0.4, -0.2) is 60.2 Å². The summed E-state index contributed by atoms with van der Waals surface area (Å²) in [5.41, 5.74) is 2.21. The summed E-state index contributed by atoms with van der Waals surface area (Å²) in [6.45, 7) is 5.85. The predicted octanol–water partition coefficient (Wildman–Crippen LogP) is 4.71. The van der Waals surface area contributed by atoms with Crippen molar-refractivity contribution in [1.29, 1.82) is 0 Å². The van der Waals surface area contributed by atoms with Gasteiger partial charge in [0.05, 0.1) is 11.2 Å². The molecule has 0 saturated carbocycles. The Bertz CT molecular complexity index is 1280. The first kappa shape index (κ1) is 20.4. The van der Waals surface area contributed by atoms with Gasteiger partial charge in [-0.25, -0.2) is 9.37 Å². The molecule has 0 radical (unpaired) electrons. The molecule has 5 nitrogen and oxygen atoms in total. The van der Waals surface area contributed by atoms with E-state index < -0.39 is 0 Å². The number of nitrogens with zero attached hydrogens (tertiary/aromatic N) is 5. The van der Waals surface area contributed by atoms with E-state index in [0.717, 1.165) is 68.8 Å². The molecule has 4 aromatic rings. The molecule has 0 unspecified atom stereocenters. The number of pyridine rings is 2. The minimum atomic E-state index is -0.192. The van der Waals surface area contributed by atoms with Crippen molar-refractivity contribution in [3.63, 3.8) is 0 Å². The van der Waals surface area contributed by atoms with Gasteiger partial charge in [-0.3, -0.25) is 9.88 Å². The van der Waals surface area contributed by atoms with Crippen LogP contribution in [0.25, 0.3) is 21.8 Å². The van der Waals surface area contributed by atoms with Gasteiger partial charge in [0, 0.05) is 62.3 Å². The van der Waals surface area contributed by atoms with Crippen molar-refractivity contribution in [2.45, 2.75) is 18.9 Å². The lowest BCUT2D eigenvalue weighted by atomic mass is 10.0. The predicted molar refractivity (Wildman–Crippen MR) is 132 cm³/mol. The summed E-state index contributed by atoms with van der Waals surface area (Å²) in [7, 11) is 0. The first-order chi connectivity index (χ1) is 16.3. The maximum absolute atomic E-state index is 15.1. The van der Waals surface area contributed by atoms with Gasteiger partial charge in [0.15, 0.2) is 5.82 Å². The topological polar surface area (TPSA) is 35.5 Å². The third-order valence-electron chi connectivity index (χ3n) is 7.24. The fraction of sp³-hybridized carbons (Fsp3) is 0.333. The second kappa shape index (κ2) is 8.60. The van der Waals surface area contributed by atoms with Crippen LogP contribution in [0, 0.1) is 5.82 Å². The molecule has 0 spiro atoms. The molecule has 2 aromatic carbocycles. The van der Waals surface area contributed by atoms with Crippen LogP contribution in [0.5, 0.6) is 0 Å². The maximum atomic E-state index is 15.1. The average molecular weight is 442 g/mol. The van der Waals surface area contributed by atoms with E-state index in [2.05, 4.69) is 50.0 Å². The lowest BCUT2D eigenvalue weighted by Gasteiger charge is -2.43. The van der Waals surface area contributed by atoms with Crippen molar-refractivity contribution in [1.82, 2.24) is 14.9 Å². The molecule has 6 rings (SSSR count). The molecular formula is C27H28FN5. The minimum absolute atomic E-state index is 0.192. The highest BCUT2D eigenvalue weighted by molar-refractivity contribution is 5.83. The van der Waals surface area contributed by atoms with Crippen LogP contribution in [0.2, 0.25) is 0 Å². The van der Waals surface area contributed by atoms with Gasteiger partial charge in [0.1, 0.15) is 11.3 Å². The van der Waals surface area contributed by atoms with E-state index >= 15 is 4.39 Å². The summed E-state index contributed by atoms with van der Waals surface area (Å²) >= 11 is 0. The fourth-order valence-electron chi connectivity index (χ4n) is 5.36. The number of anilines is 2. The molecule has 2 aliphatic rings. The Morgan fingerprint density at radius 1 is 0.727 bits per heavy atom. The van der Waals surface area contributed by atoms with Gasteiger partial charge < -0.3 is 9.80 Å². The third-order valence-corrected chi connectivity index (χ3v) is 7.24. The van der Waals surface area contributed by atoms with Crippen LogP contribution in [0.15, 0.2) is 66.9 Å². The number of benzene rings is 2. The van der Waals surface area contributed by atoms with Gasteiger partial charge in [-0.05, 0) is 43.2 Å². The molecule has 2 aliphatic heterocycles. The highest BCUT2D eigenvalue weighted by atomic mass is 19.1. The average Bonchev–Trinajstić information content (AvgIpc) is 2.89. The standard InChI is InChI=1S/C27H28FN5/c28-26-24(9-7-21-5-3-13-29-27(21)26)32-14-11-22(12-15-32)31-16-18-33(19-17-31)25-10-8-20-4-1-2-6-23(20)30-25/h1-10,13,22H,11-12,14-19H2. The Kier molecular flexibility index (Phi) is 5.30. The SMILES string of the molecule is Fc1c(N2CCC(N3CCN(c4ccc5ccccc5n4)CC3)CC2)ccc2cccnc12. The van der Waals surface area contributed by atoms with Crippen molar-refractivity contribution < 1.29 is 4.39 Å². The van der Waals surface area contributed by atoms with E-state index in [9.17, 15) is 0 Å². The Labute approximate surface area is 193 Å². The molecule has 4 heterocycles. The van der Waals surface area contributed by atoms with Crippen LogP contribution >= 0.6 is 0 Å². The summed E-state index contributed by atoms with van der Waals surface area (Å²) < 4.78 is 15.1. The number of halogens is 1. The molecule has 33 heavy (non-hydrogen) atoms. The molecule has 2 fully saturated rings. The Morgan fingerprint density at radius 2 is 1.48 bits per heavy atom. The van der Waals surface area contributed by atoms with Gasteiger partial charge in [-0.15, -0.1) is 0 Å². The third kappa shape index (κ3) is 3.89. The van der Waals surface area contributed by atoms with E-state index in [-0.39, 0.29) is 5.82 Å². The van der Waals surface area contributed by atoms with E-state index in [1.165, 1.54) is 5.39 Å². The van der Waals surface area contributed by atoms with Crippen molar-refractivity contribution in [2.75, 3.05) is 49.1 Å². The van der Waals surface area contributed by atoms with E-state index in [1.807, 2.05) is 30.3 Å². The zero-order valence-corrected chi connectivity index (χ0v) is 18.7. The molecule has 6 heteroatoms. The van der Waals surface area contributed by atoms with Crippen LogP contribution in [0.3, 0.4) is 0 Å². The van der Waals surface area contributed by atoms with Crippen molar-refractivity contribution in [3.8, 4) is 0 Å². The monoisotopic (exact) mass is 441 g/mol. The molecule has 0 aliphatic carbocycles. The number of piperazine rings is 1. The Balaban J connectivity index is 1.08. The number of piperidine rings is 1. The smallest absolute Gasteiger partial charge is 0.172 e. The summed E-state index contributed by atoms with van der Waals surface area (Å²) in [6, 6.07) is 20.8. The second-order valence-electron chi connectivity index (χ2n) is 9.08. The first-order valence-electron chi connectivity index (χ1n) is 11.9. The summed E-state index contributed by atoms with van der Waals surface area (Å²) in [5.74, 6) is 0.881. The highest BCUT2D eigenvalue weighted by Gasteiger charge is 2.29. The van der Waals surface area contributed by atoms with E-state index in [4.69, 9.17) is 4.98 Å². The minimum Gasteiger partial charge on any atom is -0.369 e. The number of fused-ring (bicyclic) bond motifs is 2. The summed E-state index contributed by atoms with van der Waals surface area (Å²) in [4.78, 5) is 16.3. The molecule has 0 atom stereocenters. The van der Waals surface area contributed by atoms with Crippen LogP contribution in [0.4, 0.5) is 15.9 Å². The van der Waals surface area contributed by atoms with E-state index in [0.29, 0.717) is 17.2 Å².